The molecule has 0 fully saturated rings. The largest absolute Gasteiger partial charge is 0.453 e. The summed E-state index contributed by atoms with van der Waals surface area (Å²) in [6.07, 6.45) is -4.27. The fraction of sp³-hybridized carbons (Fsp3) is 0.0833. The number of carbonyl (C=O) groups excluding carboxylic acids is 1. The van der Waals surface area contributed by atoms with E-state index in [1.54, 1.807) is 0 Å². The van der Waals surface area contributed by atoms with E-state index in [9.17, 15) is 22.4 Å². The van der Waals surface area contributed by atoms with E-state index in [-0.39, 0.29) is 21.6 Å². The predicted octanol–water partition coefficient (Wildman–Crippen LogP) is 4.68. The topological polar surface area (TPSA) is 30.2 Å². The van der Waals surface area contributed by atoms with E-state index in [0.29, 0.717) is 12.4 Å². The first-order chi connectivity index (χ1) is 8.82. The van der Waals surface area contributed by atoms with E-state index in [4.69, 9.17) is 4.42 Å². The quantitative estimate of drug-likeness (QED) is 0.588. The maximum Gasteiger partial charge on any atom is 0.416 e. The molecule has 2 aromatic rings. The molecule has 0 radical (unpaired) electrons. The maximum absolute atomic E-state index is 13.5. The first-order valence-electron chi connectivity index (χ1n) is 4.94. The van der Waals surface area contributed by atoms with Gasteiger partial charge in [0.1, 0.15) is 11.6 Å². The van der Waals surface area contributed by atoms with Crippen LogP contribution in [0.1, 0.15) is 16.1 Å². The highest BCUT2D eigenvalue weighted by Gasteiger charge is 2.32. The van der Waals surface area contributed by atoms with Crippen molar-refractivity contribution in [3.8, 4) is 11.3 Å². The summed E-state index contributed by atoms with van der Waals surface area (Å²) in [5.41, 5.74) is -1.24. The minimum absolute atomic E-state index is 0.0287. The van der Waals surface area contributed by atoms with E-state index in [1.165, 1.54) is 12.1 Å². The molecular weight excluding hydrogens is 332 g/mol. The second-order valence-corrected chi connectivity index (χ2v) is 4.43. The van der Waals surface area contributed by atoms with Gasteiger partial charge in [-0.05, 0) is 40.2 Å². The molecule has 0 N–H and O–H groups in total. The Morgan fingerprint density at radius 2 is 1.89 bits per heavy atom. The normalized spacial score (nSPS) is 11.6. The Bertz CT molecular complexity index is 631. The average molecular weight is 337 g/mol. The number of hydrogen-bond acceptors (Lipinski definition) is 2. The van der Waals surface area contributed by atoms with Crippen LogP contribution >= 0.6 is 15.9 Å². The van der Waals surface area contributed by atoms with E-state index in [2.05, 4.69) is 15.9 Å². The summed E-state index contributed by atoms with van der Waals surface area (Å²) in [5.74, 6) is -1.15. The predicted molar refractivity (Wildman–Crippen MR) is 62.2 cm³/mol. The van der Waals surface area contributed by atoms with Gasteiger partial charge in [-0.3, -0.25) is 4.79 Å². The third-order valence-corrected chi connectivity index (χ3v) is 3.17. The van der Waals surface area contributed by atoms with Gasteiger partial charge >= 0.3 is 6.18 Å². The molecule has 19 heavy (non-hydrogen) atoms. The summed E-state index contributed by atoms with van der Waals surface area (Å²) in [5, 5.41) is 0. The standard InChI is InChI=1S/C12H5BrF4O2/c13-11-8(10-2-1-7(5-18)19-10)3-6(4-9(11)14)12(15,16)17/h1-5H. The summed E-state index contributed by atoms with van der Waals surface area (Å²) >= 11 is 2.86. The van der Waals surface area contributed by atoms with Gasteiger partial charge in [0.05, 0.1) is 10.0 Å². The molecule has 0 amide bonds. The van der Waals surface area contributed by atoms with Gasteiger partial charge in [0.25, 0.3) is 0 Å². The number of carbonyl (C=O) groups is 1. The van der Waals surface area contributed by atoms with Crippen LogP contribution in [-0.2, 0) is 6.18 Å². The highest BCUT2D eigenvalue weighted by molar-refractivity contribution is 9.10. The Kier molecular flexibility index (Phi) is 3.49. The van der Waals surface area contributed by atoms with Crippen LogP contribution < -0.4 is 0 Å². The van der Waals surface area contributed by atoms with Crippen molar-refractivity contribution in [1.82, 2.24) is 0 Å². The summed E-state index contributed by atoms with van der Waals surface area (Å²) in [6.45, 7) is 0. The lowest BCUT2D eigenvalue weighted by molar-refractivity contribution is -0.137. The molecule has 1 aromatic carbocycles. The summed E-state index contributed by atoms with van der Waals surface area (Å²) in [6, 6.07) is 3.72. The monoisotopic (exact) mass is 336 g/mol. The maximum atomic E-state index is 13.5. The zero-order valence-electron chi connectivity index (χ0n) is 9.09. The van der Waals surface area contributed by atoms with Crippen LogP contribution in [0.15, 0.2) is 33.2 Å². The van der Waals surface area contributed by atoms with Crippen molar-refractivity contribution in [2.45, 2.75) is 6.18 Å². The van der Waals surface area contributed by atoms with Crippen LogP contribution in [0.3, 0.4) is 0 Å². The number of hydrogen-bond donors (Lipinski definition) is 0. The molecule has 7 heteroatoms. The molecule has 1 aromatic heterocycles. The van der Waals surface area contributed by atoms with Crippen LogP contribution in [0, 0.1) is 5.82 Å². The SMILES string of the molecule is O=Cc1ccc(-c2cc(C(F)(F)F)cc(F)c2Br)o1. The molecule has 1 heterocycles. The minimum atomic E-state index is -4.67. The molecule has 2 rings (SSSR count). The summed E-state index contributed by atoms with van der Waals surface area (Å²) in [4.78, 5) is 10.5. The Morgan fingerprint density at radius 1 is 1.21 bits per heavy atom. The fourth-order valence-electron chi connectivity index (χ4n) is 1.49. The van der Waals surface area contributed by atoms with Gasteiger partial charge in [-0.15, -0.1) is 0 Å². The smallest absolute Gasteiger partial charge is 0.416 e. The molecule has 0 saturated heterocycles. The fourth-order valence-corrected chi connectivity index (χ4v) is 1.92. The molecular formula is C12H5BrF4O2. The van der Waals surface area contributed by atoms with Gasteiger partial charge in [-0.25, -0.2) is 4.39 Å². The van der Waals surface area contributed by atoms with Crippen LogP contribution in [0.2, 0.25) is 0 Å². The number of furan rings is 1. The molecule has 100 valence electrons. The van der Waals surface area contributed by atoms with E-state index in [1.807, 2.05) is 0 Å². The Labute approximate surface area is 113 Å². The van der Waals surface area contributed by atoms with E-state index < -0.39 is 17.6 Å². The van der Waals surface area contributed by atoms with Crippen molar-refractivity contribution in [3.63, 3.8) is 0 Å². The molecule has 2 nitrogen and oxygen atoms in total. The second kappa shape index (κ2) is 4.80. The van der Waals surface area contributed by atoms with Crippen molar-refractivity contribution in [3.05, 3.63) is 45.9 Å². The third-order valence-electron chi connectivity index (χ3n) is 2.36. The van der Waals surface area contributed by atoms with Crippen molar-refractivity contribution >= 4 is 22.2 Å². The Morgan fingerprint density at radius 3 is 2.42 bits per heavy atom. The third kappa shape index (κ3) is 2.70. The number of halogens is 5. The highest BCUT2D eigenvalue weighted by atomic mass is 79.9. The van der Waals surface area contributed by atoms with Crippen LogP contribution in [0.5, 0.6) is 0 Å². The molecule has 0 saturated carbocycles. The molecule has 0 aliphatic heterocycles. The summed E-state index contributed by atoms with van der Waals surface area (Å²) < 4.78 is 56.1. The zero-order chi connectivity index (χ0) is 14.2. The zero-order valence-corrected chi connectivity index (χ0v) is 10.7. The number of benzene rings is 1. The van der Waals surface area contributed by atoms with Crippen molar-refractivity contribution in [2.24, 2.45) is 0 Å². The first kappa shape index (κ1) is 13.8. The van der Waals surface area contributed by atoms with Gasteiger partial charge in [0.2, 0.25) is 0 Å². The average Bonchev–Trinajstić information content (AvgIpc) is 2.79. The van der Waals surface area contributed by atoms with Crippen LogP contribution in [0.4, 0.5) is 17.6 Å². The molecule has 0 spiro atoms. The number of rotatable bonds is 2. The number of aldehydes is 1. The van der Waals surface area contributed by atoms with Gasteiger partial charge in [-0.1, -0.05) is 0 Å². The van der Waals surface area contributed by atoms with Gasteiger partial charge in [0.15, 0.2) is 12.0 Å². The first-order valence-corrected chi connectivity index (χ1v) is 5.74. The molecule has 0 aliphatic rings. The molecule has 0 aliphatic carbocycles. The van der Waals surface area contributed by atoms with Crippen molar-refractivity contribution in [2.75, 3.05) is 0 Å². The number of alkyl halides is 3. The lowest BCUT2D eigenvalue weighted by atomic mass is 10.1. The van der Waals surface area contributed by atoms with Gasteiger partial charge in [0, 0.05) is 5.56 Å². The van der Waals surface area contributed by atoms with Crippen molar-refractivity contribution < 1.29 is 26.8 Å². The molecule has 0 unspecified atom stereocenters. The van der Waals surface area contributed by atoms with E-state index >= 15 is 0 Å². The lowest BCUT2D eigenvalue weighted by Gasteiger charge is -2.10. The lowest BCUT2D eigenvalue weighted by Crippen LogP contribution is -2.06. The second-order valence-electron chi connectivity index (χ2n) is 3.64. The van der Waals surface area contributed by atoms with Gasteiger partial charge < -0.3 is 4.42 Å². The molecule has 0 bridgehead atoms. The van der Waals surface area contributed by atoms with E-state index in [0.717, 1.165) is 6.07 Å². The molecule has 0 atom stereocenters. The van der Waals surface area contributed by atoms with Crippen molar-refractivity contribution in [1.29, 1.82) is 0 Å². The summed E-state index contributed by atoms with van der Waals surface area (Å²) in [7, 11) is 0. The van der Waals surface area contributed by atoms with Gasteiger partial charge in [-0.2, -0.15) is 13.2 Å². The highest BCUT2D eigenvalue weighted by Crippen LogP contribution is 2.38. The Balaban J connectivity index is 2.62. The van der Waals surface area contributed by atoms with Crippen LogP contribution in [0.25, 0.3) is 11.3 Å². The minimum Gasteiger partial charge on any atom is -0.453 e. The Hall–Kier alpha value is -1.63. The van der Waals surface area contributed by atoms with Crippen LogP contribution in [-0.4, -0.2) is 6.29 Å².